The number of nitrogen functional groups attached to an aromatic ring is 1. The summed E-state index contributed by atoms with van der Waals surface area (Å²) in [6.45, 7) is 1.26. The SMILES string of the molecule is Nc1ccc(S(=O)(=O)N2CCN(c3ccnc4cc(Cl)ccc34)CC2)c([N+](=O)[O-])c1. The minimum absolute atomic E-state index is 0.134. The summed E-state index contributed by atoms with van der Waals surface area (Å²) in [5.41, 5.74) is 6.90. The number of nitro groups is 1. The Labute approximate surface area is 177 Å². The summed E-state index contributed by atoms with van der Waals surface area (Å²) in [7, 11) is -4.03. The lowest BCUT2D eigenvalue weighted by Gasteiger charge is -2.35. The molecule has 2 heterocycles. The van der Waals surface area contributed by atoms with Gasteiger partial charge in [0.1, 0.15) is 0 Å². The zero-order valence-electron chi connectivity index (χ0n) is 15.7. The highest BCUT2D eigenvalue weighted by atomic mass is 35.5. The van der Waals surface area contributed by atoms with E-state index in [2.05, 4.69) is 9.88 Å². The molecule has 0 radical (unpaired) electrons. The number of rotatable bonds is 4. The van der Waals surface area contributed by atoms with Crippen molar-refractivity contribution in [2.75, 3.05) is 36.8 Å². The van der Waals surface area contributed by atoms with Gasteiger partial charge >= 0.3 is 0 Å². The first-order chi connectivity index (χ1) is 14.3. The van der Waals surface area contributed by atoms with Crippen molar-refractivity contribution in [2.24, 2.45) is 0 Å². The molecule has 1 saturated heterocycles. The molecule has 3 aromatic rings. The van der Waals surface area contributed by atoms with Gasteiger partial charge in [0.05, 0.1) is 10.4 Å². The number of anilines is 2. The Kier molecular flexibility index (Phi) is 5.22. The van der Waals surface area contributed by atoms with Gasteiger partial charge in [-0.15, -0.1) is 0 Å². The van der Waals surface area contributed by atoms with Crippen molar-refractivity contribution in [3.05, 3.63) is 63.8 Å². The summed E-state index contributed by atoms with van der Waals surface area (Å²) < 4.78 is 27.4. The fraction of sp³-hybridized carbons (Fsp3) is 0.211. The molecule has 2 aromatic carbocycles. The zero-order chi connectivity index (χ0) is 21.5. The number of sulfonamides is 1. The average Bonchev–Trinajstić information content (AvgIpc) is 2.73. The number of nitrogens with zero attached hydrogens (tertiary/aromatic N) is 4. The highest BCUT2D eigenvalue weighted by molar-refractivity contribution is 7.89. The van der Waals surface area contributed by atoms with Gasteiger partial charge in [0.2, 0.25) is 10.0 Å². The fourth-order valence-corrected chi connectivity index (χ4v) is 5.31. The monoisotopic (exact) mass is 447 g/mol. The number of hydrogen-bond donors (Lipinski definition) is 1. The normalized spacial score (nSPS) is 15.4. The van der Waals surface area contributed by atoms with Crippen LogP contribution in [-0.4, -0.2) is 48.8 Å². The van der Waals surface area contributed by atoms with Gasteiger partial charge in [-0.1, -0.05) is 11.6 Å². The molecule has 0 unspecified atom stereocenters. The molecule has 1 aromatic heterocycles. The molecule has 30 heavy (non-hydrogen) atoms. The molecule has 1 aliphatic heterocycles. The summed E-state index contributed by atoms with van der Waals surface area (Å²) >= 11 is 6.05. The van der Waals surface area contributed by atoms with Gasteiger partial charge in [-0.2, -0.15) is 4.31 Å². The van der Waals surface area contributed by atoms with Crippen LogP contribution in [0.15, 0.2) is 53.6 Å². The Bertz CT molecular complexity index is 1240. The number of nitrogens with two attached hydrogens (primary N) is 1. The van der Waals surface area contributed by atoms with Gasteiger partial charge in [0, 0.05) is 60.2 Å². The van der Waals surface area contributed by atoms with E-state index < -0.39 is 20.6 Å². The summed E-state index contributed by atoms with van der Waals surface area (Å²) in [5.74, 6) is 0. The Morgan fingerprint density at radius 2 is 1.80 bits per heavy atom. The molecule has 0 saturated carbocycles. The molecule has 4 rings (SSSR count). The van der Waals surface area contributed by atoms with Gasteiger partial charge in [0.25, 0.3) is 5.69 Å². The number of hydrogen-bond acceptors (Lipinski definition) is 7. The molecule has 0 atom stereocenters. The van der Waals surface area contributed by atoms with E-state index in [1.54, 1.807) is 18.3 Å². The first kappa shape index (κ1) is 20.3. The number of halogens is 1. The van der Waals surface area contributed by atoms with E-state index in [0.717, 1.165) is 22.7 Å². The maximum atomic E-state index is 13.1. The van der Waals surface area contributed by atoms with Crippen LogP contribution in [0.2, 0.25) is 5.02 Å². The van der Waals surface area contributed by atoms with Crippen molar-refractivity contribution in [2.45, 2.75) is 4.90 Å². The van der Waals surface area contributed by atoms with Gasteiger partial charge in [-0.05, 0) is 36.4 Å². The van der Waals surface area contributed by atoms with Gasteiger partial charge in [-0.3, -0.25) is 15.1 Å². The molecular weight excluding hydrogens is 430 g/mol. The largest absolute Gasteiger partial charge is 0.399 e. The number of pyridine rings is 1. The van der Waals surface area contributed by atoms with Crippen molar-refractivity contribution in [3.8, 4) is 0 Å². The average molecular weight is 448 g/mol. The smallest absolute Gasteiger partial charge is 0.291 e. The van der Waals surface area contributed by atoms with Crippen molar-refractivity contribution < 1.29 is 13.3 Å². The van der Waals surface area contributed by atoms with Crippen LogP contribution in [0.4, 0.5) is 17.1 Å². The molecule has 0 bridgehead atoms. The minimum Gasteiger partial charge on any atom is -0.399 e. The minimum atomic E-state index is -4.03. The quantitative estimate of drug-likeness (QED) is 0.370. The lowest BCUT2D eigenvalue weighted by atomic mass is 10.1. The standard InChI is InChI=1S/C19H18ClN5O4S/c20-13-1-3-15-16(11-13)22-6-5-17(15)23-7-9-24(10-8-23)30(28,29)19-4-2-14(21)12-18(19)25(26)27/h1-6,11-12H,7-10,21H2. The van der Waals surface area contributed by atoms with E-state index in [9.17, 15) is 18.5 Å². The molecular formula is C19H18ClN5O4S. The van der Waals surface area contributed by atoms with E-state index in [1.807, 2.05) is 12.1 Å². The van der Waals surface area contributed by atoms with E-state index >= 15 is 0 Å². The summed E-state index contributed by atoms with van der Waals surface area (Å²) in [6, 6.07) is 10.9. The topological polar surface area (TPSA) is 123 Å². The first-order valence-electron chi connectivity index (χ1n) is 9.10. The molecule has 0 amide bonds. The lowest BCUT2D eigenvalue weighted by Crippen LogP contribution is -2.48. The third kappa shape index (κ3) is 3.64. The third-order valence-corrected chi connectivity index (χ3v) is 7.24. The molecule has 0 aliphatic carbocycles. The van der Waals surface area contributed by atoms with E-state index in [-0.39, 0.29) is 23.7 Å². The number of nitro benzene ring substituents is 1. The van der Waals surface area contributed by atoms with E-state index in [1.165, 1.54) is 16.4 Å². The predicted molar refractivity (Wildman–Crippen MR) is 115 cm³/mol. The van der Waals surface area contributed by atoms with Crippen molar-refractivity contribution in [1.82, 2.24) is 9.29 Å². The molecule has 0 spiro atoms. The van der Waals surface area contributed by atoms with Crippen molar-refractivity contribution >= 4 is 49.6 Å². The van der Waals surface area contributed by atoms with Crippen LogP contribution in [0.3, 0.4) is 0 Å². The van der Waals surface area contributed by atoms with Gasteiger partial charge in [-0.25, -0.2) is 8.42 Å². The summed E-state index contributed by atoms with van der Waals surface area (Å²) in [6.07, 6.45) is 1.69. The molecule has 1 aliphatic rings. The van der Waals surface area contributed by atoms with Crippen LogP contribution in [0, 0.1) is 10.1 Å². The molecule has 156 valence electrons. The second kappa shape index (κ2) is 7.71. The van der Waals surface area contributed by atoms with Crippen LogP contribution >= 0.6 is 11.6 Å². The van der Waals surface area contributed by atoms with Crippen LogP contribution < -0.4 is 10.6 Å². The second-order valence-electron chi connectivity index (χ2n) is 6.87. The third-order valence-electron chi connectivity index (χ3n) is 5.06. The van der Waals surface area contributed by atoms with Crippen LogP contribution in [0.5, 0.6) is 0 Å². The molecule has 11 heteroatoms. The zero-order valence-corrected chi connectivity index (χ0v) is 17.3. The second-order valence-corrected chi connectivity index (χ2v) is 9.21. The fourth-order valence-electron chi connectivity index (χ4n) is 3.59. The van der Waals surface area contributed by atoms with Crippen molar-refractivity contribution in [3.63, 3.8) is 0 Å². The number of aromatic nitrogens is 1. The number of fused-ring (bicyclic) bond motifs is 1. The van der Waals surface area contributed by atoms with Crippen LogP contribution in [-0.2, 0) is 10.0 Å². The number of benzene rings is 2. The Morgan fingerprint density at radius 3 is 2.50 bits per heavy atom. The Hall–Kier alpha value is -2.95. The van der Waals surface area contributed by atoms with Crippen LogP contribution in [0.1, 0.15) is 0 Å². The van der Waals surface area contributed by atoms with Gasteiger partial charge < -0.3 is 10.6 Å². The van der Waals surface area contributed by atoms with Crippen LogP contribution in [0.25, 0.3) is 10.9 Å². The Morgan fingerprint density at radius 1 is 1.07 bits per heavy atom. The Balaban J connectivity index is 1.59. The maximum Gasteiger partial charge on any atom is 0.291 e. The first-order valence-corrected chi connectivity index (χ1v) is 10.9. The van der Waals surface area contributed by atoms with Crippen molar-refractivity contribution in [1.29, 1.82) is 0 Å². The number of piperazine rings is 1. The van der Waals surface area contributed by atoms with E-state index in [4.69, 9.17) is 17.3 Å². The maximum absolute atomic E-state index is 13.1. The summed E-state index contributed by atoms with van der Waals surface area (Å²) in [4.78, 5) is 16.7. The molecule has 2 N–H and O–H groups in total. The highest BCUT2D eigenvalue weighted by Gasteiger charge is 2.34. The summed E-state index contributed by atoms with van der Waals surface area (Å²) in [5, 5.41) is 12.8. The molecule has 9 nitrogen and oxygen atoms in total. The van der Waals surface area contributed by atoms with Gasteiger partial charge in [0.15, 0.2) is 4.90 Å². The lowest BCUT2D eigenvalue weighted by molar-refractivity contribution is -0.387. The highest BCUT2D eigenvalue weighted by Crippen LogP contribution is 2.31. The van der Waals surface area contributed by atoms with E-state index in [0.29, 0.717) is 18.1 Å². The predicted octanol–water partition coefficient (Wildman–Crippen LogP) is 2.89. The molecule has 1 fully saturated rings.